The van der Waals surface area contributed by atoms with Crippen LogP contribution >= 0.6 is 0 Å². The molecule has 15 heavy (non-hydrogen) atoms. The minimum Gasteiger partial charge on any atom is -0.368 e. The summed E-state index contributed by atoms with van der Waals surface area (Å²) in [6.45, 7) is 2.66. The number of nitrogens with zero attached hydrogens (tertiary/aromatic N) is 2. The van der Waals surface area contributed by atoms with Gasteiger partial charge in [0.25, 0.3) is 0 Å². The third-order valence-corrected chi connectivity index (χ3v) is 2.13. The van der Waals surface area contributed by atoms with Gasteiger partial charge in [0.2, 0.25) is 0 Å². The lowest BCUT2D eigenvalue weighted by Gasteiger charge is -2.09. The predicted octanol–water partition coefficient (Wildman–Crippen LogP) is 1.39. The second-order valence-corrected chi connectivity index (χ2v) is 3.60. The van der Waals surface area contributed by atoms with Crippen LogP contribution in [0.2, 0.25) is 0 Å². The second kappa shape index (κ2) is 4.23. The third-order valence-electron chi connectivity index (χ3n) is 2.13. The average Bonchev–Trinajstić information content (AvgIpc) is 2.26. The van der Waals surface area contributed by atoms with Crippen LogP contribution in [0.25, 0.3) is 10.9 Å². The van der Waals surface area contributed by atoms with Gasteiger partial charge in [0.15, 0.2) is 0 Å². The Bertz CT molecular complexity index is 448. The van der Waals surface area contributed by atoms with Gasteiger partial charge in [0, 0.05) is 18.0 Å². The lowest BCUT2D eigenvalue weighted by atomic mass is 10.2. The maximum Gasteiger partial charge on any atom is 0.137 e. The molecule has 0 aliphatic carbocycles. The number of rotatable bonds is 3. The fraction of sp³-hybridized carbons (Fsp3) is 0.273. The summed E-state index contributed by atoms with van der Waals surface area (Å²) in [5, 5.41) is 4.24. The van der Waals surface area contributed by atoms with Crippen LogP contribution in [0.4, 0.5) is 5.82 Å². The minimum absolute atomic E-state index is 0.110. The summed E-state index contributed by atoms with van der Waals surface area (Å²) in [5.74, 6) is 0.845. The van der Waals surface area contributed by atoms with Crippen molar-refractivity contribution in [2.24, 2.45) is 5.73 Å². The van der Waals surface area contributed by atoms with Crippen molar-refractivity contribution in [3.63, 3.8) is 0 Å². The van der Waals surface area contributed by atoms with Gasteiger partial charge in [-0.25, -0.2) is 9.97 Å². The molecule has 0 bridgehead atoms. The van der Waals surface area contributed by atoms with Gasteiger partial charge in [-0.05, 0) is 19.1 Å². The third kappa shape index (κ3) is 2.22. The van der Waals surface area contributed by atoms with E-state index in [1.165, 1.54) is 0 Å². The van der Waals surface area contributed by atoms with Crippen molar-refractivity contribution >= 4 is 16.7 Å². The van der Waals surface area contributed by atoms with Crippen molar-refractivity contribution in [1.82, 2.24) is 9.97 Å². The molecule has 2 aromatic rings. The number of hydrogen-bond donors (Lipinski definition) is 2. The molecule has 1 aromatic carbocycles. The van der Waals surface area contributed by atoms with Gasteiger partial charge in [0.1, 0.15) is 12.1 Å². The molecule has 0 fully saturated rings. The molecule has 4 heteroatoms. The van der Waals surface area contributed by atoms with Crippen LogP contribution in [0.1, 0.15) is 6.92 Å². The van der Waals surface area contributed by atoms with Crippen LogP contribution in [0.5, 0.6) is 0 Å². The highest BCUT2D eigenvalue weighted by atomic mass is 15.0. The Morgan fingerprint density at radius 1 is 1.33 bits per heavy atom. The van der Waals surface area contributed by atoms with E-state index < -0.39 is 0 Å². The molecular weight excluding hydrogens is 188 g/mol. The Morgan fingerprint density at radius 3 is 2.93 bits per heavy atom. The normalized spacial score (nSPS) is 12.7. The molecule has 1 heterocycles. The first-order valence-corrected chi connectivity index (χ1v) is 4.96. The number of nitrogens with one attached hydrogen (secondary N) is 1. The van der Waals surface area contributed by atoms with Crippen LogP contribution < -0.4 is 11.1 Å². The standard InChI is InChI=1S/C11H14N4/c1-8(12)6-13-11-9-4-2-3-5-10(9)14-7-15-11/h2-5,7-8H,6,12H2,1H3,(H,13,14,15). The maximum atomic E-state index is 5.68. The summed E-state index contributed by atoms with van der Waals surface area (Å²) in [6.07, 6.45) is 1.56. The van der Waals surface area contributed by atoms with Crippen molar-refractivity contribution in [3.05, 3.63) is 30.6 Å². The Labute approximate surface area is 88.5 Å². The van der Waals surface area contributed by atoms with Crippen molar-refractivity contribution in [2.45, 2.75) is 13.0 Å². The number of aromatic nitrogens is 2. The highest BCUT2D eigenvalue weighted by molar-refractivity contribution is 5.88. The summed E-state index contributed by atoms with van der Waals surface area (Å²) < 4.78 is 0. The molecule has 0 aliphatic heterocycles. The molecule has 0 amide bonds. The second-order valence-electron chi connectivity index (χ2n) is 3.60. The SMILES string of the molecule is CC(N)CNc1ncnc2ccccc12. The van der Waals surface area contributed by atoms with Gasteiger partial charge >= 0.3 is 0 Å². The van der Waals surface area contributed by atoms with E-state index in [1.54, 1.807) is 6.33 Å². The van der Waals surface area contributed by atoms with E-state index in [9.17, 15) is 0 Å². The molecule has 1 atom stereocenters. The Kier molecular flexibility index (Phi) is 2.78. The van der Waals surface area contributed by atoms with Crippen molar-refractivity contribution in [1.29, 1.82) is 0 Å². The smallest absolute Gasteiger partial charge is 0.137 e. The largest absolute Gasteiger partial charge is 0.368 e. The summed E-state index contributed by atoms with van der Waals surface area (Å²) >= 11 is 0. The zero-order valence-corrected chi connectivity index (χ0v) is 8.64. The quantitative estimate of drug-likeness (QED) is 0.789. The van der Waals surface area contributed by atoms with E-state index in [0.717, 1.165) is 16.7 Å². The van der Waals surface area contributed by atoms with Crippen LogP contribution in [0, 0.1) is 0 Å². The number of hydrogen-bond acceptors (Lipinski definition) is 4. The Morgan fingerprint density at radius 2 is 2.13 bits per heavy atom. The highest BCUT2D eigenvalue weighted by Gasteiger charge is 2.02. The summed E-state index contributed by atoms with van der Waals surface area (Å²) in [4.78, 5) is 8.39. The Hall–Kier alpha value is -1.68. The average molecular weight is 202 g/mol. The van der Waals surface area contributed by atoms with Gasteiger partial charge in [0.05, 0.1) is 5.52 Å². The highest BCUT2D eigenvalue weighted by Crippen LogP contribution is 2.17. The van der Waals surface area contributed by atoms with Gasteiger partial charge in [-0.15, -0.1) is 0 Å². The first-order valence-electron chi connectivity index (χ1n) is 4.96. The monoisotopic (exact) mass is 202 g/mol. The van der Waals surface area contributed by atoms with Crippen LogP contribution in [0.15, 0.2) is 30.6 Å². The fourth-order valence-electron chi connectivity index (χ4n) is 1.40. The van der Waals surface area contributed by atoms with E-state index in [-0.39, 0.29) is 6.04 Å². The summed E-state index contributed by atoms with van der Waals surface area (Å²) in [7, 11) is 0. The Balaban J connectivity index is 2.34. The van der Waals surface area contributed by atoms with Crippen molar-refractivity contribution in [2.75, 3.05) is 11.9 Å². The molecule has 0 saturated carbocycles. The van der Waals surface area contributed by atoms with E-state index >= 15 is 0 Å². The molecule has 1 aromatic heterocycles. The minimum atomic E-state index is 0.110. The van der Waals surface area contributed by atoms with E-state index in [2.05, 4.69) is 15.3 Å². The molecule has 78 valence electrons. The lowest BCUT2D eigenvalue weighted by Crippen LogP contribution is -2.25. The van der Waals surface area contributed by atoms with Crippen molar-refractivity contribution < 1.29 is 0 Å². The van der Waals surface area contributed by atoms with Crippen LogP contribution in [0.3, 0.4) is 0 Å². The molecule has 1 unspecified atom stereocenters. The first-order chi connectivity index (χ1) is 7.27. The number of fused-ring (bicyclic) bond motifs is 1. The van der Waals surface area contributed by atoms with E-state index in [4.69, 9.17) is 5.73 Å². The predicted molar refractivity (Wildman–Crippen MR) is 61.7 cm³/mol. The molecule has 0 spiro atoms. The molecule has 2 rings (SSSR count). The van der Waals surface area contributed by atoms with Crippen molar-refractivity contribution in [3.8, 4) is 0 Å². The number of nitrogens with two attached hydrogens (primary N) is 1. The topological polar surface area (TPSA) is 63.8 Å². The van der Waals surface area contributed by atoms with Gasteiger partial charge in [-0.2, -0.15) is 0 Å². The van der Waals surface area contributed by atoms with Crippen LogP contribution in [-0.4, -0.2) is 22.6 Å². The molecule has 0 aliphatic rings. The molecular formula is C11H14N4. The zero-order chi connectivity index (χ0) is 10.7. The zero-order valence-electron chi connectivity index (χ0n) is 8.64. The fourth-order valence-corrected chi connectivity index (χ4v) is 1.40. The van der Waals surface area contributed by atoms with E-state index in [1.807, 2.05) is 31.2 Å². The molecule has 4 nitrogen and oxygen atoms in total. The number of benzene rings is 1. The molecule has 0 saturated heterocycles. The molecule has 0 radical (unpaired) electrons. The number of anilines is 1. The summed E-state index contributed by atoms with van der Waals surface area (Å²) in [6, 6.07) is 8.01. The first kappa shape index (κ1) is 9.86. The van der Waals surface area contributed by atoms with Gasteiger partial charge in [-0.1, -0.05) is 12.1 Å². The lowest BCUT2D eigenvalue weighted by molar-refractivity contribution is 0.778. The number of para-hydroxylation sites is 1. The molecule has 3 N–H and O–H groups in total. The maximum absolute atomic E-state index is 5.68. The van der Waals surface area contributed by atoms with Gasteiger partial charge in [-0.3, -0.25) is 0 Å². The van der Waals surface area contributed by atoms with Gasteiger partial charge < -0.3 is 11.1 Å². The summed E-state index contributed by atoms with van der Waals surface area (Å²) in [5.41, 5.74) is 6.62. The van der Waals surface area contributed by atoms with Crippen LogP contribution in [-0.2, 0) is 0 Å². The van der Waals surface area contributed by atoms with E-state index in [0.29, 0.717) is 6.54 Å².